The Morgan fingerprint density at radius 2 is 1.96 bits per heavy atom. The Balaban J connectivity index is 1.69. The molecule has 0 fully saturated rings. The lowest BCUT2D eigenvalue weighted by molar-refractivity contribution is -0.124. The number of aromatic amines is 1. The van der Waals surface area contributed by atoms with Gasteiger partial charge < -0.3 is 15.0 Å². The van der Waals surface area contributed by atoms with Crippen LogP contribution in [-0.2, 0) is 4.79 Å². The molecular weight excluding hydrogens is 326 g/mol. The highest BCUT2D eigenvalue weighted by atomic mass is 16.5. The van der Waals surface area contributed by atoms with E-state index in [2.05, 4.69) is 29.1 Å². The Hall–Kier alpha value is -2.82. The summed E-state index contributed by atoms with van der Waals surface area (Å²) in [6.45, 7) is 8.07. The minimum atomic E-state index is -0.197. The van der Waals surface area contributed by atoms with E-state index in [4.69, 9.17) is 4.74 Å². The van der Waals surface area contributed by atoms with Crippen LogP contribution in [0.5, 0.6) is 5.75 Å². The standard InChI is InChI=1S/C21H25N3O2/c1-13(2)20(21-22-16-7-5-6-8-17(16)23-21)24-19(25)12-26-18-11-14(3)9-10-15(18)4/h5-11,13,20H,12H2,1-4H3,(H,22,23)(H,24,25). The molecular formula is C21H25N3O2. The van der Waals surface area contributed by atoms with Crippen LogP contribution in [-0.4, -0.2) is 22.5 Å². The number of benzene rings is 2. The zero-order chi connectivity index (χ0) is 18.7. The van der Waals surface area contributed by atoms with Crippen LogP contribution >= 0.6 is 0 Å². The predicted octanol–water partition coefficient (Wildman–Crippen LogP) is 4.07. The second-order valence-electron chi connectivity index (χ2n) is 6.99. The highest BCUT2D eigenvalue weighted by Crippen LogP contribution is 2.22. The summed E-state index contributed by atoms with van der Waals surface area (Å²) in [5.41, 5.74) is 3.98. The first-order chi connectivity index (χ1) is 12.4. The Morgan fingerprint density at radius 1 is 1.19 bits per heavy atom. The van der Waals surface area contributed by atoms with Crippen molar-refractivity contribution in [1.82, 2.24) is 15.3 Å². The van der Waals surface area contributed by atoms with Crippen molar-refractivity contribution in [1.29, 1.82) is 0 Å². The van der Waals surface area contributed by atoms with Crippen molar-refractivity contribution >= 4 is 16.9 Å². The van der Waals surface area contributed by atoms with Gasteiger partial charge in [0.2, 0.25) is 0 Å². The number of fused-ring (bicyclic) bond motifs is 1. The molecule has 26 heavy (non-hydrogen) atoms. The molecule has 0 aliphatic heterocycles. The Kier molecular flexibility index (Phi) is 5.26. The van der Waals surface area contributed by atoms with Gasteiger partial charge in [0.05, 0.1) is 17.1 Å². The molecule has 0 radical (unpaired) electrons. The number of H-pyrrole nitrogens is 1. The van der Waals surface area contributed by atoms with Gasteiger partial charge in [-0.25, -0.2) is 4.98 Å². The summed E-state index contributed by atoms with van der Waals surface area (Å²) in [4.78, 5) is 20.4. The molecule has 5 heteroatoms. The molecule has 0 aliphatic rings. The zero-order valence-corrected chi connectivity index (χ0v) is 15.7. The molecule has 1 atom stereocenters. The Morgan fingerprint density at radius 3 is 2.69 bits per heavy atom. The molecule has 3 rings (SSSR count). The number of hydrogen-bond acceptors (Lipinski definition) is 3. The first kappa shape index (κ1) is 18.0. The third kappa shape index (κ3) is 4.04. The molecule has 1 aromatic heterocycles. The van der Waals surface area contributed by atoms with E-state index in [1.54, 1.807) is 0 Å². The van der Waals surface area contributed by atoms with Crippen molar-refractivity contribution in [2.75, 3.05) is 6.61 Å². The molecule has 1 amide bonds. The van der Waals surface area contributed by atoms with Crippen LogP contribution in [0.25, 0.3) is 11.0 Å². The van der Waals surface area contributed by atoms with E-state index in [-0.39, 0.29) is 24.5 Å². The maximum absolute atomic E-state index is 12.4. The van der Waals surface area contributed by atoms with Gasteiger partial charge in [0.15, 0.2) is 6.61 Å². The average molecular weight is 351 g/mol. The van der Waals surface area contributed by atoms with E-state index >= 15 is 0 Å². The number of rotatable bonds is 6. The lowest BCUT2D eigenvalue weighted by Gasteiger charge is -2.20. The van der Waals surface area contributed by atoms with Crippen LogP contribution in [0, 0.1) is 19.8 Å². The molecule has 0 saturated heterocycles. The molecule has 2 aromatic carbocycles. The van der Waals surface area contributed by atoms with Gasteiger partial charge in [-0.05, 0) is 49.1 Å². The minimum Gasteiger partial charge on any atom is -0.483 e. The molecule has 1 unspecified atom stereocenters. The number of aromatic nitrogens is 2. The van der Waals surface area contributed by atoms with Crippen LogP contribution in [0.1, 0.15) is 36.8 Å². The molecule has 0 saturated carbocycles. The van der Waals surface area contributed by atoms with Gasteiger partial charge in [0.25, 0.3) is 5.91 Å². The monoisotopic (exact) mass is 351 g/mol. The fourth-order valence-electron chi connectivity index (χ4n) is 2.89. The van der Waals surface area contributed by atoms with Crippen molar-refractivity contribution in [3.8, 4) is 5.75 Å². The van der Waals surface area contributed by atoms with Gasteiger partial charge in [-0.2, -0.15) is 0 Å². The van der Waals surface area contributed by atoms with Crippen LogP contribution in [0.3, 0.4) is 0 Å². The molecule has 1 heterocycles. The average Bonchev–Trinajstić information content (AvgIpc) is 3.03. The van der Waals surface area contributed by atoms with Crippen molar-refractivity contribution in [3.63, 3.8) is 0 Å². The van der Waals surface area contributed by atoms with E-state index in [1.165, 1.54) is 0 Å². The van der Waals surface area contributed by atoms with Gasteiger partial charge in [0, 0.05) is 0 Å². The molecule has 5 nitrogen and oxygen atoms in total. The second-order valence-corrected chi connectivity index (χ2v) is 6.99. The van der Waals surface area contributed by atoms with Crippen molar-refractivity contribution < 1.29 is 9.53 Å². The molecule has 0 spiro atoms. The number of amides is 1. The van der Waals surface area contributed by atoms with Gasteiger partial charge in [-0.3, -0.25) is 4.79 Å². The second kappa shape index (κ2) is 7.60. The normalized spacial score (nSPS) is 12.3. The number of imidazole rings is 1. The van der Waals surface area contributed by atoms with Crippen LogP contribution in [0.15, 0.2) is 42.5 Å². The minimum absolute atomic E-state index is 0.0201. The zero-order valence-electron chi connectivity index (χ0n) is 15.7. The van der Waals surface area contributed by atoms with Gasteiger partial charge >= 0.3 is 0 Å². The van der Waals surface area contributed by atoms with Gasteiger partial charge in [0.1, 0.15) is 11.6 Å². The number of carbonyl (C=O) groups is 1. The lowest BCUT2D eigenvalue weighted by atomic mass is 10.0. The highest BCUT2D eigenvalue weighted by molar-refractivity contribution is 5.78. The third-order valence-electron chi connectivity index (χ3n) is 4.39. The lowest BCUT2D eigenvalue weighted by Crippen LogP contribution is -2.35. The number of nitrogens with zero attached hydrogens (tertiary/aromatic N) is 1. The molecule has 0 aliphatic carbocycles. The maximum Gasteiger partial charge on any atom is 0.258 e. The fourth-order valence-corrected chi connectivity index (χ4v) is 2.89. The summed E-state index contributed by atoms with van der Waals surface area (Å²) < 4.78 is 5.71. The van der Waals surface area contributed by atoms with Crippen molar-refractivity contribution in [2.24, 2.45) is 5.92 Å². The van der Waals surface area contributed by atoms with Crippen LogP contribution in [0.2, 0.25) is 0 Å². The number of hydrogen-bond donors (Lipinski definition) is 2. The summed E-state index contributed by atoms with van der Waals surface area (Å²) in [6, 6.07) is 13.6. The SMILES string of the molecule is Cc1ccc(C)c(OCC(=O)NC(c2nc3ccccc3[nH]2)C(C)C)c1. The summed E-state index contributed by atoms with van der Waals surface area (Å²) in [5.74, 6) is 1.54. The smallest absolute Gasteiger partial charge is 0.258 e. The topological polar surface area (TPSA) is 67.0 Å². The largest absolute Gasteiger partial charge is 0.483 e. The van der Waals surface area contributed by atoms with E-state index in [1.807, 2.05) is 56.3 Å². The number of carbonyl (C=O) groups excluding carboxylic acids is 1. The van der Waals surface area contributed by atoms with E-state index in [0.717, 1.165) is 33.7 Å². The summed E-state index contributed by atoms with van der Waals surface area (Å²) in [5, 5.41) is 3.04. The van der Waals surface area contributed by atoms with Crippen LogP contribution < -0.4 is 10.1 Å². The molecule has 2 N–H and O–H groups in total. The number of ether oxygens (including phenoxy) is 1. The Labute approximate surface area is 153 Å². The third-order valence-corrected chi connectivity index (χ3v) is 4.39. The van der Waals surface area contributed by atoms with E-state index < -0.39 is 0 Å². The van der Waals surface area contributed by atoms with E-state index in [9.17, 15) is 4.79 Å². The summed E-state index contributed by atoms with van der Waals surface area (Å²) in [6.07, 6.45) is 0. The predicted molar refractivity (Wildman–Crippen MR) is 103 cm³/mol. The molecule has 136 valence electrons. The number of aryl methyl sites for hydroxylation is 2. The van der Waals surface area contributed by atoms with E-state index in [0.29, 0.717) is 0 Å². The highest BCUT2D eigenvalue weighted by Gasteiger charge is 2.22. The Bertz CT molecular complexity index is 882. The molecule has 3 aromatic rings. The van der Waals surface area contributed by atoms with Crippen molar-refractivity contribution in [2.45, 2.75) is 33.7 Å². The number of nitrogens with one attached hydrogen (secondary N) is 2. The maximum atomic E-state index is 12.4. The summed E-state index contributed by atoms with van der Waals surface area (Å²) in [7, 11) is 0. The van der Waals surface area contributed by atoms with Crippen molar-refractivity contribution in [3.05, 3.63) is 59.4 Å². The summed E-state index contributed by atoms with van der Waals surface area (Å²) >= 11 is 0. The van der Waals surface area contributed by atoms with Gasteiger partial charge in [-0.15, -0.1) is 0 Å². The number of para-hydroxylation sites is 2. The quantitative estimate of drug-likeness (QED) is 0.703. The first-order valence-electron chi connectivity index (χ1n) is 8.88. The fraction of sp³-hybridized carbons (Fsp3) is 0.333. The first-order valence-corrected chi connectivity index (χ1v) is 8.88. The molecule has 0 bridgehead atoms. The van der Waals surface area contributed by atoms with Gasteiger partial charge in [-0.1, -0.05) is 38.1 Å². The van der Waals surface area contributed by atoms with Crippen LogP contribution in [0.4, 0.5) is 0 Å².